The van der Waals surface area contributed by atoms with E-state index in [9.17, 15) is 8.42 Å². The van der Waals surface area contributed by atoms with E-state index in [1.54, 1.807) is 6.07 Å². The monoisotopic (exact) mass is 316 g/mol. The van der Waals surface area contributed by atoms with Crippen molar-refractivity contribution in [3.8, 4) is 0 Å². The summed E-state index contributed by atoms with van der Waals surface area (Å²) >= 11 is 1.37. The lowest BCUT2D eigenvalue weighted by molar-refractivity contribution is 0.496. The molecule has 6 heteroatoms. The minimum absolute atomic E-state index is 0.0719. The van der Waals surface area contributed by atoms with Crippen LogP contribution in [0.5, 0.6) is 0 Å². The van der Waals surface area contributed by atoms with E-state index in [1.165, 1.54) is 24.2 Å². The molecule has 0 aromatic carbocycles. The van der Waals surface area contributed by atoms with Gasteiger partial charge in [0.2, 0.25) is 10.0 Å². The van der Waals surface area contributed by atoms with Crippen LogP contribution in [0.1, 0.15) is 43.0 Å². The summed E-state index contributed by atoms with van der Waals surface area (Å²) in [6.07, 6.45) is 4.33. The fourth-order valence-corrected chi connectivity index (χ4v) is 5.24. The van der Waals surface area contributed by atoms with Crippen molar-refractivity contribution in [3.63, 3.8) is 0 Å². The lowest BCUT2D eigenvalue weighted by Gasteiger charge is -2.15. The van der Waals surface area contributed by atoms with Crippen LogP contribution in [0.3, 0.4) is 0 Å². The topological polar surface area (TPSA) is 58.2 Å². The Labute approximate surface area is 126 Å². The van der Waals surface area contributed by atoms with Gasteiger partial charge in [-0.3, -0.25) is 0 Å². The highest BCUT2D eigenvalue weighted by Gasteiger charge is 2.28. The maximum Gasteiger partial charge on any atom is 0.250 e. The summed E-state index contributed by atoms with van der Waals surface area (Å²) in [6, 6.07) is 1.85. The first-order chi connectivity index (χ1) is 9.46. The van der Waals surface area contributed by atoms with Crippen molar-refractivity contribution in [2.24, 2.45) is 5.92 Å². The third-order valence-electron chi connectivity index (χ3n) is 3.73. The summed E-state index contributed by atoms with van der Waals surface area (Å²) in [5.41, 5.74) is 1.04. The Hall–Kier alpha value is -0.430. The Balaban J connectivity index is 2.09. The third-order valence-corrected chi connectivity index (χ3v) is 6.96. The van der Waals surface area contributed by atoms with E-state index in [2.05, 4.69) is 10.0 Å². The predicted octanol–water partition coefficient (Wildman–Crippen LogP) is 2.63. The van der Waals surface area contributed by atoms with E-state index >= 15 is 0 Å². The second-order valence-electron chi connectivity index (χ2n) is 5.61. The van der Waals surface area contributed by atoms with Crippen molar-refractivity contribution in [2.75, 3.05) is 7.05 Å². The normalized spacial score (nSPS) is 17.4. The van der Waals surface area contributed by atoms with Gasteiger partial charge in [-0.1, -0.05) is 19.8 Å². The number of nitrogens with one attached hydrogen (secondary N) is 2. The Morgan fingerprint density at radius 3 is 2.70 bits per heavy atom. The molecule has 0 spiro atoms. The van der Waals surface area contributed by atoms with Crippen molar-refractivity contribution < 1.29 is 8.42 Å². The van der Waals surface area contributed by atoms with Gasteiger partial charge in [0.15, 0.2) is 0 Å². The van der Waals surface area contributed by atoms with Crippen LogP contribution in [0.15, 0.2) is 10.3 Å². The molecule has 114 valence electrons. The molecule has 4 nitrogen and oxygen atoms in total. The molecule has 0 radical (unpaired) electrons. The first-order valence-corrected chi connectivity index (χ1v) is 9.52. The van der Waals surface area contributed by atoms with Gasteiger partial charge in [-0.05, 0) is 44.4 Å². The molecule has 2 rings (SSSR count). The van der Waals surface area contributed by atoms with E-state index in [0.29, 0.717) is 10.8 Å². The molecular weight excluding hydrogens is 292 g/mol. The molecule has 1 unspecified atom stereocenters. The molecule has 0 saturated heterocycles. The molecule has 0 aliphatic heterocycles. The largest absolute Gasteiger partial charge is 0.315 e. The standard InChI is InChI=1S/C14H24N2O2S2/c1-4-12(8-11-5-6-11)16-20(17,18)14-7-10(2)13(19-14)9-15-3/h7,11-12,15-16H,4-6,8-9H2,1-3H3. The molecule has 1 saturated carbocycles. The average Bonchev–Trinajstić information content (AvgIpc) is 3.12. The van der Waals surface area contributed by atoms with E-state index in [-0.39, 0.29) is 6.04 Å². The molecule has 1 aromatic rings. The van der Waals surface area contributed by atoms with Gasteiger partial charge in [-0.25, -0.2) is 13.1 Å². The highest BCUT2D eigenvalue weighted by atomic mass is 32.2. The zero-order chi connectivity index (χ0) is 14.8. The van der Waals surface area contributed by atoms with E-state index in [4.69, 9.17) is 0 Å². The van der Waals surface area contributed by atoms with Crippen LogP contribution in [0.25, 0.3) is 0 Å². The fourth-order valence-electron chi connectivity index (χ4n) is 2.29. The molecule has 1 aromatic heterocycles. The van der Waals surface area contributed by atoms with E-state index in [0.717, 1.165) is 29.2 Å². The maximum atomic E-state index is 12.5. The molecule has 1 aliphatic rings. The highest BCUT2D eigenvalue weighted by Crippen LogP contribution is 2.34. The number of thiophene rings is 1. The van der Waals surface area contributed by atoms with E-state index in [1.807, 2.05) is 20.9 Å². The highest BCUT2D eigenvalue weighted by molar-refractivity contribution is 7.91. The number of aryl methyl sites for hydroxylation is 1. The Bertz CT molecular complexity index is 548. The fraction of sp³-hybridized carbons (Fsp3) is 0.714. The van der Waals surface area contributed by atoms with Gasteiger partial charge in [0.1, 0.15) is 4.21 Å². The molecule has 1 heterocycles. The van der Waals surface area contributed by atoms with Gasteiger partial charge in [-0.2, -0.15) is 0 Å². The minimum atomic E-state index is -3.37. The van der Waals surface area contributed by atoms with Gasteiger partial charge < -0.3 is 5.32 Å². The molecule has 0 bridgehead atoms. The van der Waals surface area contributed by atoms with Crippen molar-refractivity contribution in [3.05, 3.63) is 16.5 Å². The Morgan fingerprint density at radius 1 is 1.45 bits per heavy atom. The summed E-state index contributed by atoms with van der Waals surface area (Å²) in [6.45, 7) is 4.72. The summed E-state index contributed by atoms with van der Waals surface area (Å²) in [4.78, 5) is 1.09. The molecule has 2 N–H and O–H groups in total. The molecule has 0 amide bonds. The third kappa shape index (κ3) is 4.04. The van der Waals surface area contributed by atoms with Crippen molar-refractivity contribution in [1.29, 1.82) is 0 Å². The number of hydrogen-bond acceptors (Lipinski definition) is 4. The first-order valence-electron chi connectivity index (χ1n) is 7.22. The van der Waals surface area contributed by atoms with Crippen molar-refractivity contribution in [1.82, 2.24) is 10.0 Å². The first kappa shape index (κ1) is 15.9. The molecule has 1 fully saturated rings. The van der Waals surface area contributed by atoms with Gasteiger partial charge in [0, 0.05) is 17.5 Å². The van der Waals surface area contributed by atoms with Gasteiger partial charge in [-0.15, -0.1) is 11.3 Å². The number of sulfonamides is 1. The molecular formula is C14H24N2O2S2. The van der Waals surface area contributed by atoms with Crippen molar-refractivity contribution in [2.45, 2.75) is 56.3 Å². The zero-order valence-electron chi connectivity index (χ0n) is 12.4. The lowest BCUT2D eigenvalue weighted by Crippen LogP contribution is -2.34. The average molecular weight is 316 g/mol. The van der Waals surface area contributed by atoms with Gasteiger partial charge in [0.25, 0.3) is 0 Å². The van der Waals surface area contributed by atoms with Crippen LogP contribution in [-0.2, 0) is 16.6 Å². The summed E-state index contributed by atoms with van der Waals surface area (Å²) < 4.78 is 28.2. The SMILES string of the molecule is CCC(CC1CC1)NS(=O)(=O)c1cc(C)c(CNC)s1. The smallest absolute Gasteiger partial charge is 0.250 e. The quantitative estimate of drug-likeness (QED) is 0.775. The molecule has 20 heavy (non-hydrogen) atoms. The second kappa shape index (κ2) is 6.56. The molecule has 1 atom stereocenters. The summed E-state index contributed by atoms with van der Waals surface area (Å²) in [5, 5.41) is 3.07. The van der Waals surface area contributed by atoms with Crippen LogP contribution in [0.4, 0.5) is 0 Å². The maximum absolute atomic E-state index is 12.5. The number of hydrogen-bond donors (Lipinski definition) is 2. The zero-order valence-corrected chi connectivity index (χ0v) is 14.0. The van der Waals surface area contributed by atoms with Crippen molar-refractivity contribution >= 4 is 21.4 Å². The Morgan fingerprint density at radius 2 is 2.15 bits per heavy atom. The van der Waals surface area contributed by atoms with Crippen LogP contribution >= 0.6 is 11.3 Å². The van der Waals surface area contributed by atoms with E-state index < -0.39 is 10.0 Å². The number of rotatable bonds is 8. The summed E-state index contributed by atoms with van der Waals surface area (Å²) in [7, 11) is -1.50. The van der Waals surface area contributed by atoms with Crippen LogP contribution in [-0.4, -0.2) is 21.5 Å². The van der Waals surface area contributed by atoms with Crippen LogP contribution < -0.4 is 10.0 Å². The molecule has 1 aliphatic carbocycles. The Kier molecular flexibility index (Phi) is 5.23. The second-order valence-corrected chi connectivity index (χ2v) is 8.69. The van der Waals surface area contributed by atoms with Gasteiger partial charge in [0.05, 0.1) is 0 Å². The minimum Gasteiger partial charge on any atom is -0.315 e. The van der Waals surface area contributed by atoms with Gasteiger partial charge >= 0.3 is 0 Å². The van der Waals surface area contributed by atoms with Crippen LogP contribution in [0.2, 0.25) is 0 Å². The predicted molar refractivity (Wildman–Crippen MR) is 83.6 cm³/mol. The lowest BCUT2D eigenvalue weighted by atomic mass is 10.1. The summed E-state index contributed by atoms with van der Waals surface area (Å²) in [5.74, 6) is 0.729. The van der Waals surface area contributed by atoms with Crippen LogP contribution in [0, 0.1) is 12.8 Å².